The molecule has 1 aliphatic rings. The molecule has 1 aromatic rings. The van der Waals surface area contributed by atoms with Gasteiger partial charge in [0.15, 0.2) is 0 Å². The van der Waals surface area contributed by atoms with Crippen molar-refractivity contribution in [3.8, 4) is 0 Å². The van der Waals surface area contributed by atoms with Crippen LogP contribution in [0, 0.1) is 11.8 Å². The summed E-state index contributed by atoms with van der Waals surface area (Å²) in [6.07, 6.45) is 4.38. The van der Waals surface area contributed by atoms with E-state index in [1.165, 1.54) is 18.5 Å². The van der Waals surface area contributed by atoms with Crippen LogP contribution < -0.4 is 10.2 Å². The van der Waals surface area contributed by atoms with Crippen LogP contribution in [-0.4, -0.2) is 38.3 Å². The first-order valence-corrected chi connectivity index (χ1v) is 8.09. The Kier molecular flexibility index (Phi) is 6.46. The van der Waals surface area contributed by atoms with Crippen molar-refractivity contribution in [2.45, 2.75) is 33.2 Å². The fourth-order valence-corrected chi connectivity index (χ4v) is 2.73. The van der Waals surface area contributed by atoms with Crippen molar-refractivity contribution in [1.29, 1.82) is 0 Å². The van der Waals surface area contributed by atoms with E-state index in [2.05, 4.69) is 48.2 Å². The zero-order valence-electron chi connectivity index (χ0n) is 13.6. The van der Waals surface area contributed by atoms with Gasteiger partial charge in [0, 0.05) is 38.6 Å². The molecule has 4 heteroatoms. The molecule has 0 amide bonds. The zero-order chi connectivity index (χ0) is 15.1. The minimum Gasteiger partial charge on any atom is -0.381 e. The highest BCUT2D eigenvalue weighted by Gasteiger charge is 2.16. The molecule has 1 saturated heterocycles. The first-order valence-electron chi connectivity index (χ1n) is 8.09. The molecule has 1 aliphatic heterocycles. The summed E-state index contributed by atoms with van der Waals surface area (Å²) < 4.78 is 5.57. The Hall–Kier alpha value is -1.13. The molecule has 1 atom stereocenters. The lowest BCUT2D eigenvalue weighted by Crippen LogP contribution is -2.31. The van der Waals surface area contributed by atoms with Crippen LogP contribution in [-0.2, 0) is 11.3 Å². The topological polar surface area (TPSA) is 37.4 Å². The van der Waals surface area contributed by atoms with Gasteiger partial charge in [0.1, 0.15) is 0 Å². The highest BCUT2D eigenvalue weighted by molar-refractivity contribution is 5.45. The molecule has 1 fully saturated rings. The van der Waals surface area contributed by atoms with Crippen LogP contribution in [0.15, 0.2) is 18.3 Å². The van der Waals surface area contributed by atoms with Gasteiger partial charge in [-0.15, -0.1) is 0 Å². The molecule has 1 aromatic heterocycles. The van der Waals surface area contributed by atoms with Crippen LogP contribution in [0.1, 0.15) is 32.4 Å². The second-order valence-corrected chi connectivity index (χ2v) is 6.49. The van der Waals surface area contributed by atoms with Gasteiger partial charge in [0.05, 0.1) is 12.3 Å². The smallest absolute Gasteiger partial charge is 0.0562 e. The van der Waals surface area contributed by atoms with Crippen molar-refractivity contribution >= 4 is 5.69 Å². The lowest BCUT2D eigenvalue weighted by Gasteiger charge is -2.28. The fourth-order valence-electron chi connectivity index (χ4n) is 2.73. The fraction of sp³-hybridized carbons (Fsp3) is 0.706. The van der Waals surface area contributed by atoms with E-state index in [0.717, 1.165) is 38.5 Å². The summed E-state index contributed by atoms with van der Waals surface area (Å²) in [5.41, 5.74) is 2.36. The summed E-state index contributed by atoms with van der Waals surface area (Å²) in [5, 5.41) is 3.45. The Labute approximate surface area is 128 Å². The summed E-state index contributed by atoms with van der Waals surface area (Å²) in [6.45, 7) is 9.20. The SMILES string of the molecule is CC(C)CNCc1cc(N(C)CC2CCCOC2)ccn1. The number of nitrogens with one attached hydrogen (secondary N) is 1. The third-order valence-corrected chi connectivity index (χ3v) is 3.89. The molecular weight excluding hydrogens is 262 g/mol. The van der Waals surface area contributed by atoms with Gasteiger partial charge >= 0.3 is 0 Å². The van der Waals surface area contributed by atoms with Crippen LogP contribution >= 0.6 is 0 Å². The number of ether oxygens (including phenoxy) is 1. The average molecular weight is 291 g/mol. The maximum atomic E-state index is 5.57. The van der Waals surface area contributed by atoms with E-state index in [4.69, 9.17) is 4.74 Å². The van der Waals surface area contributed by atoms with Crippen LogP contribution in [0.3, 0.4) is 0 Å². The highest BCUT2D eigenvalue weighted by atomic mass is 16.5. The third-order valence-electron chi connectivity index (χ3n) is 3.89. The predicted octanol–water partition coefficient (Wildman–Crippen LogP) is 2.69. The van der Waals surface area contributed by atoms with Gasteiger partial charge in [-0.3, -0.25) is 4.98 Å². The Morgan fingerprint density at radius 3 is 3.05 bits per heavy atom. The molecule has 1 N–H and O–H groups in total. The first kappa shape index (κ1) is 16.2. The van der Waals surface area contributed by atoms with E-state index in [0.29, 0.717) is 11.8 Å². The van der Waals surface area contributed by atoms with E-state index >= 15 is 0 Å². The standard InChI is InChI=1S/C17H29N3O/c1-14(2)10-18-11-16-9-17(6-7-19-16)20(3)12-15-5-4-8-21-13-15/h6-7,9,14-15,18H,4-5,8,10-13H2,1-3H3. The number of hydrogen-bond acceptors (Lipinski definition) is 4. The van der Waals surface area contributed by atoms with Gasteiger partial charge in [-0.05, 0) is 43.4 Å². The van der Waals surface area contributed by atoms with Crippen LogP contribution in [0.5, 0.6) is 0 Å². The zero-order valence-corrected chi connectivity index (χ0v) is 13.6. The van der Waals surface area contributed by atoms with Crippen molar-refractivity contribution in [3.63, 3.8) is 0 Å². The molecule has 4 nitrogen and oxygen atoms in total. The molecule has 0 radical (unpaired) electrons. The highest BCUT2D eigenvalue weighted by Crippen LogP contribution is 2.19. The summed E-state index contributed by atoms with van der Waals surface area (Å²) in [7, 11) is 2.16. The van der Waals surface area contributed by atoms with Crippen molar-refractivity contribution < 1.29 is 4.74 Å². The lowest BCUT2D eigenvalue weighted by molar-refractivity contribution is 0.0576. The van der Waals surface area contributed by atoms with Crippen LogP contribution in [0.2, 0.25) is 0 Å². The molecule has 2 rings (SSSR count). The van der Waals surface area contributed by atoms with Gasteiger partial charge in [-0.25, -0.2) is 0 Å². The summed E-state index contributed by atoms with van der Waals surface area (Å²) in [4.78, 5) is 6.78. The van der Waals surface area contributed by atoms with Crippen molar-refractivity contribution in [2.75, 3.05) is 38.3 Å². The molecule has 0 saturated carbocycles. The Morgan fingerprint density at radius 2 is 2.33 bits per heavy atom. The number of nitrogens with zero attached hydrogens (tertiary/aromatic N) is 2. The molecular formula is C17H29N3O. The lowest BCUT2D eigenvalue weighted by atomic mass is 10.0. The quantitative estimate of drug-likeness (QED) is 0.838. The van der Waals surface area contributed by atoms with E-state index in [9.17, 15) is 0 Å². The molecule has 2 heterocycles. The van der Waals surface area contributed by atoms with Crippen molar-refractivity contribution in [1.82, 2.24) is 10.3 Å². The molecule has 0 bridgehead atoms. The Morgan fingerprint density at radius 1 is 1.48 bits per heavy atom. The Balaban J connectivity index is 1.86. The minimum absolute atomic E-state index is 0.652. The number of aromatic nitrogens is 1. The largest absolute Gasteiger partial charge is 0.381 e. The van der Waals surface area contributed by atoms with Gasteiger partial charge in [0.25, 0.3) is 0 Å². The number of anilines is 1. The third kappa shape index (κ3) is 5.64. The molecule has 0 aliphatic carbocycles. The summed E-state index contributed by atoms with van der Waals surface area (Å²) >= 11 is 0. The van der Waals surface area contributed by atoms with E-state index in [1.54, 1.807) is 0 Å². The summed E-state index contributed by atoms with van der Waals surface area (Å²) in [6, 6.07) is 4.28. The number of hydrogen-bond donors (Lipinski definition) is 1. The second kappa shape index (κ2) is 8.35. The maximum absolute atomic E-state index is 5.57. The van der Waals surface area contributed by atoms with Gasteiger partial charge < -0.3 is 15.0 Å². The van der Waals surface area contributed by atoms with Crippen molar-refractivity contribution in [3.05, 3.63) is 24.0 Å². The number of rotatable bonds is 7. The maximum Gasteiger partial charge on any atom is 0.0562 e. The first-order chi connectivity index (χ1) is 10.1. The van der Waals surface area contributed by atoms with Gasteiger partial charge in [-0.1, -0.05) is 13.8 Å². The summed E-state index contributed by atoms with van der Waals surface area (Å²) in [5.74, 6) is 1.32. The molecule has 0 spiro atoms. The van der Waals surface area contributed by atoms with E-state index in [1.807, 2.05) is 6.20 Å². The normalized spacial score (nSPS) is 19.0. The van der Waals surface area contributed by atoms with Gasteiger partial charge in [-0.2, -0.15) is 0 Å². The van der Waals surface area contributed by atoms with E-state index < -0.39 is 0 Å². The monoisotopic (exact) mass is 291 g/mol. The molecule has 0 aromatic carbocycles. The van der Waals surface area contributed by atoms with Crippen LogP contribution in [0.4, 0.5) is 5.69 Å². The molecule has 118 valence electrons. The molecule has 1 unspecified atom stereocenters. The van der Waals surface area contributed by atoms with Crippen molar-refractivity contribution in [2.24, 2.45) is 11.8 Å². The molecule has 21 heavy (non-hydrogen) atoms. The van der Waals surface area contributed by atoms with Gasteiger partial charge in [0.2, 0.25) is 0 Å². The second-order valence-electron chi connectivity index (χ2n) is 6.49. The Bertz CT molecular complexity index is 416. The minimum atomic E-state index is 0.652. The predicted molar refractivity (Wildman–Crippen MR) is 87.6 cm³/mol. The average Bonchev–Trinajstić information content (AvgIpc) is 2.48. The van der Waals surface area contributed by atoms with E-state index in [-0.39, 0.29) is 0 Å². The number of pyridine rings is 1. The van der Waals surface area contributed by atoms with Crippen LogP contribution in [0.25, 0.3) is 0 Å².